The molecule has 0 saturated carbocycles. The molecule has 2 nitrogen and oxygen atoms in total. The molecule has 0 aliphatic rings. The molecule has 0 amide bonds. The average molecular weight is 254 g/mol. The zero-order valence-corrected chi connectivity index (χ0v) is 11.3. The van der Waals surface area contributed by atoms with Gasteiger partial charge in [-0.05, 0) is 31.8 Å². The Morgan fingerprint density at radius 3 is 2.06 bits per heavy atom. The Morgan fingerprint density at radius 1 is 1.12 bits per heavy atom. The maximum Gasteiger partial charge on any atom is 0.390 e. The van der Waals surface area contributed by atoms with Crippen molar-refractivity contribution < 1.29 is 13.2 Å². The molecule has 1 unspecified atom stereocenters. The molecule has 0 saturated heterocycles. The third-order valence-corrected chi connectivity index (χ3v) is 2.53. The number of hydrogen-bond acceptors (Lipinski definition) is 2. The maximum absolute atomic E-state index is 12.0. The fraction of sp³-hybridized carbons (Fsp3) is 1.00. The maximum atomic E-state index is 12.0. The van der Waals surface area contributed by atoms with Crippen LogP contribution >= 0.6 is 0 Å². The number of nitrogens with zero attached hydrogens (tertiary/aromatic N) is 1. The van der Waals surface area contributed by atoms with Gasteiger partial charge in [-0.3, -0.25) is 0 Å². The van der Waals surface area contributed by atoms with E-state index < -0.39 is 12.6 Å². The van der Waals surface area contributed by atoms with Crippen LogP contribution in [0.3, 0.4) is 0 Å². The van der Waals surface area contributed by atoms with Crippen LogP contribution in [0.5, 0.6) is 0 Å². The summed E-state index contributed by atoms with van der Waals surface area (Å²) in [6.45, 7) is 7.00. The summed E-state index contributed by atoms with van der Waals surface area (Å²) in [6.07, 6.45) is -3.19. The van der Waals surface area contributed by atoms with E-state index in [0.717, 1.165) is 12.8 Å². The topological polar surface area (TPSA) is 29.3 Å². The van der Waals surface area contributed by atoms with E-state index in [1.165, 1.54) is 0 Å². The Balaban J connectivity index is 3.73. The second-order valence-corrected chi connectivity index (χ2v) is 5.98. The molecule has 0 bridgehead atoms. The minimum Gasteiger partial charge on any atom is -0.328 e. The fourth-order valence-electron chi connectivity index (χ4n) is 1.70. The highest BCUT2D eigenvalue weighted by atomic mass is 19.4. The molecule has 0 aliphatic heterocycles. The van der Waals surface area contributed by atoms with Crippen molar-refractivity contribution in [3.8, 4) is 0 Å². The van der Waals surface area contributed by atoms with E-state index in [-0.39, 0.29) is 18.0 Å². The van der Waals surface area contributed by atoms with Gasteiger partial charge in [0.25, 0.3) is 0 Å². The van der Waals surface area contributed by atoms with Gasteiger partial charge in [0.1, 0.15) is 0 Å². The van der Waals surface area contributed by atoms with Gasteiger partial charge in [-0.1, -0.05) is 20.8 Å². The van der Waals surface area contributed by atoms with E-state index in [1.807, 2.05) is 0 Å². The van der Waals surface area contributed by atoms with E-state index in [9.17, 15) is 13.2 Å². The molecule has 5 heteroatoms. The summed E-state index contributed by atoms with van der Waals surface area (Å²) >= 11 is 0. The lowest BCUT2D eigenvalue weighted by molar-refractivity contribution is -0.137. The number of halogens is 3. The van der Waals surface area contributed by atoms with Crippen LogP contribution in [-0.2, 0) is 0 Å². The van der Waals surface area contributed by atoms with Crippen molar-refractivity contribution in [1.82, 2.24) is 4.90 Å². The molecule has 0 aromatic heterocycles. The van der Waals surface area contributed by atoms with Crippen LogP contribution in [0.1, 0.15) is 40.0 Å². The van der Waals surface area contributed by atoms with Gasteiger partial charge < -0.3 is 10.6 Å². The molecule has 17 heavy (non-hydrogen) atoms. The van der Waals surface area contributed by atoms with Gasteiger partial charge in [-0.15, -0.1) is 0 Å². The normalized spacial score (nSPS) is 15.4. The van der Waals surface area contributed by atoms with Gasteiger partial charge in [0.05, 0.1) is 6.42 Å². The SMILES string of the molecule is CN(CCC(N)CC(C)(C)C)CCC(F)(F)F. The fourth-order valence-corrected chi connectivity index (χ4v) is 1.70. The highest BCUT2D eigenvalue weighted by Gasteiger charge is 2.27. The van der Waals surface area contributed by atoms with Crippen LogP contribution in [0.25, 0.3) is 0 Å². The minimum absolute atomic E-state index is 0.0474. The van der Waals surface area contributed by atoms with E-state index >= 15 is 0 Å². The van der Waals surface area contributed by atoms with Gasteiger partial charge in [0.15, 0.2) is 0 Å². The van der Waals surface area contributed by atoms with Crippen LogP contribution in [0.4, 0.5) is 13.2 Å². The average Bonchev–Trinajstić information content (AvgIpc) is 2.07. The number of hydrogen-bond donors (Lipinski definition) is 1. The lowest BCUT2D eigenvalue weighted by atomic mass is 9.87. The first-order valence-electron chi connectivity index (χ1n) is 6.00. The second kappa shape index (κ2) is 6.59. The molecule has 0 aromatic carbocycles. The number of alkyl halides is 3. The van der Waals surface area contributed by atoms with E-state index in [1.54, 1.807) is 11.9 Å². The molecular formula is C12H25F3N2. The van der Waals surface area contributed by atoms with Crippen molar-refractivity contribution >= 4 is 0 Å². The van der Waals surface area contributed by atoms with Gasteiger partial charge in [-0.2, -0.15) is 13.2 Å². The lowest BCUT2D eigenvalue weighted by Crippen LogP contribution is -2.32. The van der Waals surface area contributed by atoms with Crippen LogP contribution in [-0.4, -0.2) is 37.3 Å². The zero-order chi connectivity index (χ0) is 13.7. The van der Waals surface area contributed by atoms with Crippen molar-refractivity contribution in [2.24, 2.45) is 11.1 Å². The van der Waals surface area contributed by atoms with Gasteiger partial charge >= 0.3 is 6.18 Å². The Bertz CT molecular complexity index is 209. The zero-order valence-electron chi connectivity index (χ0n) is 11.3. The minimum atomic E-state index is -4.07. The lowest BCUT2D eigenvalue weighted by Gasteiger charge is -2.25. The van der Waals surface area contributed by atoms with Crippen molar-refractivity contribution in [1.29, 1.82) is 0 Å². The summed E-state index contributed by atoms with van der Waals surface area (Å²) < 4.78 is 36.0. The Kier molecular flexibility index (Phi) is 6.48. The first-order valence-corrected chi connectivity index (χ1v) is 6.00. The summed E-state index contributed by atoms with van der Waals surface area (Å²) in [7, 11) is 1.70. The van der Waals surface area contributed by atoms with Crippen molar-refractivity contribution in [3.63, 3.8) is 0 Å². The van der Waals surface area contributed by atoms with Crippen LogP contribution in [0.15, 0.2) is 0 Å². The summed E-state index contributed by atoms with van der Waals surface area (Å²) in [6, 6.07) is 0.0586. The smallest absolute Gasteiger partial charge is 0.328 e. The molecule has 0 heterocycles. The highest BCUT2D eigenvalue weighted by Crippen LogP contribution is 2.22. The Labute approximate surface area is 102 Å². The van der Waals surface area contributed by atoms with Gasteiger partial charge in [0, 0.05) is 12.6 Å². The summed E-state index contributed by atoms with van der Waals surface area (Å²) in [5, 5.41) is 0. The van der Waals surface area contributed by atoms with Crippen LogP contribution in [0, 0.1) is 5.41 Å². The van der Waals surface area contributed by atoms with Gasteiger partial charge in [-0.25, -0.2) is 0 Å². The Morgan fingerprint density at radius 2 is 1.65 bits per heavy atom. The third-order valence-electron chi connectivity index (χ3n) is 2.53. The first kappa shape index (κ1) is 16.7. The predicted molar refractivity (Wildman–Crippen MR) is 64.8 cm³/mol. The second-order valence-electron chi connectivity index (χ2n) is 5.98. The van der Waals surface area contributed by atoms with Crippen molar-refractivity contribution in [2.45, 2.75) is 52.3 Å². The first-order chi connectivity index (χ1) is 7.49. The molecule has 0 fully saturated rings. The molecule has 0 aliphatic carbocycles. The van der Waals surface area contributed by atoms with Crippen LogP contribution in [0.2, 0.25) is 0 Å². The van der Waals surface area contributed by atoms with Crippen LogP contribution < -0.4 is 5.73 Å². The molecule has 0 spiro atoms. The molecule has 0 radical (unpaired) electrons. The summed E-state index contributed by atoms with van der Waals surface area (Å²) in [5.41, 5.74) is 6.11. The third kappa shape index (κ3) is 12.0. The number of rotatable bonds is 6. The number of nitrogens with two attached hydrogens (primary N) is 1. The molecule has 2 N–H and O–H groups in total. The molecular weight excluding hydrogens is 229 g/mol. The summed E-state index contributed by atoms with van der Waals surface area (Å²) in [5.74, 6) is 0. The largest absolute Gasteiger partial charge is 0.390 e. The standard InChI is InChI=1S/C12H25F3N2/c1-11(2,3)9-10(16)5-7-17(4)8-6-12(13,14)15/h10H,5-9,16H2,1-4H3. The summed E-state index contributed by atoms with van der Waals surface area (Å²) in [4.78, 5) is 1.69. The molecule has 1 atom stereocenters. The quantitative estimate of drug-likeness (QED) is 0.789. The monoisotopic (exact) mass is 254 g/mol. The van der Waals surface area contributed by atoms with E-state index in [0.29, 0.717) is 6.54 Å². The van der Waals surface area contributed by atoms with Crippen molar-refractivity contribution in [2.75, 3.05) is 20.1 Å². The molecule has 0 rings (SSSR count). The molecule has 104 valence electrons. The highest BCUT2D eigenvalue weighted by molar-refractivity contribution is 4.72. The van der Waals surface area contributed by atoms with E-state index in [4.69, 9.17) is 5.73 Å². The predicted octanol–water partition coefficient (Wildman–Crippen LogP) is 3.02. The molecule has 0 aromatic rings. The van der Waals surface area contributed by atoms with Gasteiger partial charge in [0.2, 0.25) is 0 Å². The van der Waals surface area contributed by atoms with Crippen molar-refractivity contribution in [3.05, 3.63) is 0 Å². The van der Waals surface area contributed by atoms with E-state index in [2.05, 4.69) is 20.8 Å². The Hall–Kier alpha value is -0.290.